The third-order valence-electron chi connectivity index (χ3n) is 1.89. The highest BCUT2D eigenvalue weighted by Gasteiger charge is 2.16. The first kappa shape index (κ1) is 9.75. The summed E-state index contributed by atoms with van der Waals surface area (Å²) in [5, 5.41) is 12.5. The molecule has 2 N–H and O–H groups in total. The van der Waals surface area contributed by atoms with Crippen molar-refractivity contribution in [3.05, 3.63) is 11.6 Å². The van der Waals surface area contributed by atoms with Crippen LogP contribution in [0.4, 0.5) is 0 Å². The first-order chi connectivity index (χ1) is 5.47. The Bertz CT molecular complexity index is 179. The van der Waals surface area contributed by atoms with Gasteiger partial charge in [0.1, 0.15) is 0 Å². The quantitative estimate of drug-likeness (QED) is 0.580. The van der Waals surface area contributed by atoms with Crippen LogP contribution in [0.25, 0.3) is 0 Å². The molecule has 1 atom stereocenters. The van der Waals surface area contributed by atoms with Gasteiger partial charge in [0.05, 0.1) is 6.10 Å². The molecular weight excluding hydrogens is 150 g/mol. The Morgan fingerprint density at radius 1 is 1.58 bits per heavy atom. The average Bonchev–Trinajstić information content (AvgIpc) is 1.82. The Morgan fingerprint density at radius 2 is 2.25 bits per heavy atom. The molecular formula is C10H19NO. The van der Waals surface area contributed by atoms with Crippen LogP contribution in [-0.2, 0) is 0 Å². The van der Waals surface area contributed by atoms with Crippen molar-refractivity contribution in [1.82, 2.24) is 5.32 Å². The first-order valence-corrected chi connectivity index (χ1v) is 4.56. The number of aliphatic hydroxyl groups excluding tert-OH is 1. The predicted molar refractivity (Wildman–Crippen MR) is 51.0 cm³/mol. The number of hydrogen-bond donors (Lipinski definition) is 2. The molecule has 0 aromatic heterocycles. The zero-order valence-corrected chi connectivity index (χ0v) is 8.22. The number of rotatable bonds is 1. The van der Waals surface area contributed by atoms with Gasteiger partial charge in [0.2, 0.25) is 0 Å². The molecule has 0 bridgehead atoms. The second kappa shape index (κ2) is 3.58. The predicted octanol–water partition coefficient (Wildman–Crippen LogP) is 1.31. The normalized spacial score (nSPS) is 25.3. The van der Waals surface area contributed by atoms with E-state index in [-0.39, 0.29) is 6.10 Å². The second-order valence-corrected chi connectivity index (χ2v) is 4.76. The van der Waals surface area contributed by atoms with Crippen molar-refractivity contribution in [2.75, 3.05) is 13.1 Å². The van der Waals surface area contributed by atoms with E-state index in [0.29, 0.717) is 12.0 Å². The van der Waals surface area contributed by atoms with Gasteiger partial charge in [0, 0.05) is 13.1 Å². The van der Waals surface area contributed by atoms with Crippen LogP contribution < -0.4 is 5.32 Å². The van der Waals surface area contributed by atoms with Gasteiger partial charge >= 0.3 is 0 Å². The fourth-order valence-electron chi connectivity index (χ4n) is 1.57. The Hall–Kier alpha value is -0.340. The summed E-state index contributed by atoms with van der Waals surface area (Å²) in [5.41, 5.74) is 1.66. The van der Waals surface area contributed by atoms with Crippen LogP contribution in [-0.4, -0.2) is 24.3 Å². The molecule has 0 saturated carbocycles. The van der Waals surface area contributed by atoms with Crippen LogP contribution in [0, 0.1) is 5.41 Å². The second-order valence-electron chi connectivity index (χ2n) is 4.76. The summed E-state index contributed by atoms with van der Waals surface area (Å²) >= 11 is 0. The van der Waals surface area contributed by atoms with Gasteiger partial charge in [-0.3, -0.25) is 0 Å². The van der Waals surface area contributed by atoms with Crippen molar-refractivity contribution < 1.29 is 5.11 Å². The molecule has 0 aliphatic carbocycles. The van der Waals surface area contributed by atoms with Crippen LogP contribution in [0.15, 0.2) is 11.6 Å². The van der Waals surface area contributed by atoms with Crippen LogP contribution in [0.2, 0.25) is 0 Å². The van der Waals surface area contributed by atoms with Crippen molar-refractivity contribution in [3.63, 3.8) is 0 Å². The lowest BCUT2D eigenvalue weighted by molar-refractivity contribution is 0.210. The van der Waals surface area contributed by atoms with E-state index in [0.717, 1.165) is 13.0 Å². The van der Waals surface area contributed by atoms with Crippen LogP contribution in [0.1, 0.15) is 27.2 Å². The summed E-state index contributed by atoms with van der Waals surface area (Å²) in [5.74, 6) is 0. The van der Waals surface area contributed by atoms with Crippen molar-refractivity contribution in [2.45, 2.75) is 33.3 Å². The minimum Gasteiger partial charge on any atom is -0.388 e. The molecule has 12 heavy (non-hydrogen) atoms. The maximum Gasteiger partial charge on any atom is 0.0848 e. The summed E-state index contributed by atoms with van der Waals surface area (Å²) in [6.45, 7) is 8.29. The van der Waals surface area contributed by atoms with E-state index in [4.69, 9.17) is 0 Å². The molecule has 2 heteroatoms. The highest BCUT2D eigenvalue weighted by molar-refractivity contribution is 5.12. The minimum atomic E-state index is -0.281. The van der Waals surface area contributed by atoms with Crippen LogP contribution in [0.5, 0.6) is 0 Å². The highest BCUT2D eigenvalue weighted by Crippen LogP contribution is 2.24. The van der Waals surface area contributed by atoms with E-state index in [2.05, 4.69) is 26.1 Å². The molecule has 0 aromatic carbocycles. The molecule has 0 aromatic rings. The van der Waals surface area contributed by atoms with Crippen LogP contribution >= 0.6 is 0 Å². The Labute approximate surface area is 74.7 Å². The number of nitrogens with one attached hydrogen (secondary N) is 1. The van der Waals surface area contributed by atoms with E-state index >= 15 is 0 Å². The van der Waals surface area contributed by atoms with Gasteiger partial charge in [-0.05, 0) is 11.8 Å². The lowest BCUT2D eigenvalue weighted by atomic mass is 9.86. The van der Waals surface area contributed by atoms with E-state index < -0.39 is 0 Å². The maximum atomic E-state index is 9.34. The van der Waals surface area contributed by atoms with E-state index in [9.17, 15) is 5.11 Å². The molecule has 1 unspecified atom stereocenters. The van der Waals surface area contributed by atoms with Gasteiger partial charge in [-0.15, -0.1) is 0 Å². The monoisotopic (exact) mass is 169 g/mol. The topological polar surface area (TPSA) is 32.3 Å². The largest absolute Gasteiger partial charge is 0.388 e. The molecule has 0 saturated heterocycles. The van der Waals surface area contributed by atoms with Gasteiger partial charge in [-0.1, -0.05) is 32.4 Å². The molecule has 70 valence electrons. The summed E-state index contributed by atoms with van der Waals surface area (Å²) in [6, 6.07) is 0. The zero-order chi connectivity index (χ0) is 9.19. The summed E-state index contributed by atoms with van der Waals surface area (Å²) in [6.07, 6.45) is 2.77. The lowest BCUT2D eigenvalue weighted by Crippen LogP contribution is -2.33. The first-order valence-electron chi connectivity index (χ1n) is 4.56. The van der Waals surface area contributed by atoms with E-state index in [1.807, 2.05) is 6.08 Å². The fraction of sp³-hybridized carbons (Fsp3) is 0.800. The zero-order valence-electron chi connectivity index (χ0n) is 8.22. The molecule has 0 fully saturated rings. The van der Waals surface area contributed by atoms with Gasteiger partial charge < -0.3 is 10.4 Å². The maximum absolute atomic E-state index is 9.34. The highest BCUT2D eigenvalue weighted by atomic mass is 16.3. The smallest absolute Gasteiger partial charge is 0.0848 e. The summed E-state index contributed by atoms with van der Waals surface area (Å²) in [7, 11) is 0. The molecule has 0 radical (unpaired) electrons. The summed E-state index contributed by atoms with van der Waals surface area (Å²) < 4.78 is 0. The van der Waals surface area contributed by atoms with Crippen LogP contribution in [0.3, 0.4) is 0 Å². The van der Waals surface area contributed by atoms with Gasteiger partial charge in [0.25, 0.3) is 0 Å². The van der Waals surface area contributed by atoms with Gasteiger partial charge in [-0.2, -0.15) is 0 Å². The van der Waals surface area contributed by atoms with Crippen molar-refractivity contribution in [2.24, 2.45) is 5.41 Å². The number of aliphatic hydroxyl groups is 1. The van der Waals surface area contributed by atoms with Crippen molar-refractivity contribution in [3.8, 4) is 0 Å². The van der Waals surface area contributed by atoms with Crippen molar-refractivity contribution >= 4 is 0 Å². The number of β-amino-alcohol motifs (C(OH)–C–C–N with tert-alkyl or cyclic N) is 1. The Morgan fingerprint density at radius 3 is 2.75 bits per heavy atom. The lowest BCUT2D eigenvalue weighted by Gasteiger charge is -2.24. The average molecular weight is 169 g/mol. The third-order valence-corrected chi connectivity index (χ3v) is 1.89. The van der Waals surface area contributed by atoms with Gasteiger partial charge in [-0.25, -0.2) is 0 Å². The fourth-order valence-corrected chi connectivity index (χ4v) is 1.57. The van der Waals surface area contributed by atoms with Crippen molar-refractivity contribution in [1.29, 1.82) is 0 Å². The van der Waals surface area contributed by atoms with Gasteiger partial charge in [0.15, 0.2) is 0 Å². The molecule has 1 aliphatic rings. The Kier molecular flexibility index (Phi) is 2.91. The molecule has 1 heterocycles. The Balaban J connectivity index is 2.52. The SMILES string of the molecule is CC(C)(C)CC1=CC(O)CNC1. The molecule has 0 spiro atoms. The third kappa shape index (κ3) is 3.37. The van der Waals surface area contributed by atoms with E-state index in [1.54, 1.807) is 0 Å². The standard InChI is InChI=1S/C10H19NO/c1-10(2,3)5-8-4-9(12)7-11-6-8/h4,9,11-12H,5-7H2,1-3H3. The molecule has 1 rings (SSSR count). The summed E-state index contributed by atoms with van der Waals surface area (Å²) in [4.78, 5) is 0. The minimum absolute atomic E-state index is 0.281. The molecule has 2 nitrogen and oxygen atoms in total. The van der Waals surface area contributed by atoms with E-state index in [1.165, 1.54) is 5.57 Å². The number of hydrogen-bond acceptors (Lipinski definition) is 2. The molecule has 0 amide bonds. The molecule has 1 aliphatic heterocycles.